The molecular formula is C15H14KN5O. The van der Waals surface area contributed by atoms with E-state index in [9.17, 15) is 4.79 Å². The van der Waals surface area contributed by atoms with Crippen LogP contribution in [0.2, 0.25) is 0 Å². The van der Waals surface area contributed by atoms with Gasteiger partial charge < -0.3 is 17.6 Å². The first-order valence-electron chi connectivity index (χ1n) is 6.12. The molecule has 0 bridgehead atoms. The summed E-state index contributed by atoms with van der Waals surface area (Å²) in [4.78, 5) is 18.4. The van der Waals surface area contributed by atoms with E-state index in [1.54, 1.807) is 6.92 Å². The Morgan fingerprint density at radius 2 is 1.82 bits per heavy atom. The zero-order valence-corrected chi connectivity index (χ0v) is 15.7. The van der Waals surface area contributed by atoms with Gasteiger partial charge in [-0.05, 0) is 18.1 Å². The smallest absolute Gasteiger partial charge is 0.512 e. The number of nitriles is 1. The Hall–Kier alpha value is -1.48. The molecular weight excluding hydrogens is 305 g/mol. The van der Waals surface area contributed by atoms with Gasteiger partial charge in [-0.15, -0.1) is 0 Å². The molecule has 0 spiro atoms. The summed E-state index contributed by atoms with van der Waals surface area (Å²) < 4.78 is 0. The summed E-state index contributed by atoms with van der Waals surface area (Å²) in [6.45, 7) is 6.52. The van der Waals surface area contributed by atoms with Crippen LogP contribution in [0.25, 0.3) is 0 Å². The van der Waals surface area contributed by atoms with Crippen molar-refractivity contribution in [2.45, 2.75) is 19.8 Å². The SMILES string of the molecule is Cc1nc(N)[nH]c(=O)c1Cc1ccc(CC#N)cc1.[C-]#N.[K+]. The molecule has 0 radical (unpaired) electrons. The molecule has 0 unspecified atom stereocenters. The summed E-state index contributed by atoms with van der Waals surface area (Å²) in [5.74, 6) is 0.135. The number of benzene rings is 1. The molecule has 3 N–H and O–H groups in total. The van der Waals surface area contributed by atoms with Gasteiger partial charge in [-0.25, -0.2) is 4.98 Å². The molecule has 0 saturated carbocycles. The van der Waals surface area contributed by atoms with Crippen LogP contribution in [-0.4, -0.2) is 9.97 Å². The van der Waals surface area contributed by atoms with Gasteiger partial charge >= 0.3 is 51.4 Å². The second-order valence-electron chi connectivity index (χ2n) is 4.34. The zero-order valence-electron chi connectivity index (χ0n) is 12.6. The van der Waals surface area contributed by atoms with Crippen molar-refractivity contribution in [2.75, 3.05) is 5.73 Å². The number of rotatable bonds is 3. The van der Waals surface area contributed by atoms with Crippen molar-refractivity contribution in [1.82, 2.24) is 9.97 Å². The van der Waals surface area contributed by atoms with E-state index in [0.717, 1.165) is 11.1 Å². The van der Waals surface area contributed by atoms with Crippen LogP contribution in [0.5, 0.6) is 0 Å². The second-order valence-corrected chi connectivity index (χ2v) is 4.34. The zero-order chi connectivity index (χ0) is 15.8. The molecule has 6 nitrogen and oxygen atoms in total. The van der Waals surface area contributed by atoms with Gasteiger partial charge in [0, 0.05) is 12.0 Å². The molecule has 106 valence electrons. The number of aromatic amines is 1. The van der Waals surface area contributed by atoms with Crippen LogP contribution in [0.4, 0.5) is 5.95 Å². The molecule has 1 heterocycles. The number of nitrogens with two attached hydrogens (primary N) is 1. The predicted octanol–water partition coefficient (Wildman–Crippen LogP) is -1.58. The minimum Gasteiger partial charge on any atom is -0.512 e. The molecule has 0 saturated heterocycles. The topological polar surface area (TPSA) is 119 Å². The molecule has 1 aromatic heterocycles. The molecule has 0 fully saturated rings. The average Bonchev–Trinajstić information content (AvgIpc) is 2.47. The first-order chi connectivity index (χ1) is 10.1. The number of nitrogens with zero attached hydrogens (tertiary/aromatic N) is 3. The maximum Gasteiger partial charge on any atom is 1.00 e. The number of aromatic nitrogens is 2. The van der Waals surface area contributed by atoms with Gasteiger partial charge in [-0.2, -0.15) is 5.26 Å². The van der Waals surface area contributed by atoms with Crippen molar-refractivity contribution in [3.8, 4) is 6.07 Å². The number of nitrogens with one attached hydrogen (secondary N) is 1. The van der Waals surface area contributed by atoms with Crippen LogP contribution < -0.4 is 62.7 Å². The van der Waals surface area contributed by atoms with Crippen LogP contribution in [0.1, 0.15) is 22.4 Å². The maximum atomic E-state index is 11.8. The van der Waals surface area contributed by atoms with E-state index in [4.69, 9.17) is 22.8 Å². The summed E-state index contributed by atoms with van der Waals surface area (Å²) in [6.07, 6.45) is 0.893. The van der Waals surface area contributed by atoms with Gasteiger partial charge in [0.1, 0.15) is 0 Å². The Bertz CT molecular complexity index is 728. The summed E-state index contributed by atoms with van der Waals surface area (Å²) in [5, 5.41) is 14.9. The molecule has 0 atom stereocenters. The quantitative estimate of drug-likeness (QED) is 0.522. The Balaban J connectivity index is 0.00000141. The molecule has 2 aromatic rings. The third kappa shape index (κ3) is 5.72. The van der Waals surface area contributed by atoms with Gasteiger partial charge in [-0.3, -0.25) is 9.78 Å². The molecule has 2 rings (SSSR count). The number of aryl methyl sites for hydroxylation is 1. The third-order valence-electron chi connectivity index (χ3n) is 2.93. The number of nitrogen functional groups attached to an aromatic ring is 1. The molecule has 0 aliphatic heterocycles. The van der Waals surface area contributed by atoms with Gasteiger partial charge in [-0.1, -0.05) is 24.3 Å². The number of H-pyrrole nitrogens is 1. The summed E-state index contributed by atoms with van der Waals surface area (Å²) >= 11 is 0. The largest absolute Gasteiger partial charge is 1.00 e. The third-order valence-corrected chi connectivity index (χ3v) is 2.93. The van der Waals surface area contributed by atoms with E-state index in [-0.39, 0.29) is 62.9 Å². The Morgan fingerprint density at radius 1 is 1.27 bits per heavy atom. The second kappa shape index (κ2) is 10.3. The normalized spacial score (nSPS) is 8.82. The van der Waals surface area contributed by atoms with E-state index in [2.05, 4.69) is 16.0 Å². The molecule has 0 aliphatic rings. The van der Waals surface area contributed by atoms with E-state index < -0.39 is 0 Å². The number of hydrogen-bond acceptors (Lipinski definition) is 5. The Kier molecular flexibility index (Phi) is 9.58. The van der Waals surface area contributed by atoms with Crippen LogP contribution in [0.3, 0.4) is 0 Å². The Morgan fingerprint density at radius 3 is 2.32 bits per heavy atom. The summed E-state index contributed by atoms with van der Waals surface area (Å²) in [5.41, 5.74) is 8.50. The fraction of sp³-hybridized carbons (Fsp3) is 0.200. The van der Waals surface area contributed by atoms with Crippen LogP contribution in [-0.2, 0) is 12.8 Å². The molecule has 22 heavy (non-hydrogen) atoms. The van der Waals surface area contributed by atoms with Crippen LogP contribution in [0.15, 0.2) is 29.1 Å². The minimum absolute atomic E-state index is 0. The van der Waals surface area contributed by atoms with E-state index in [1.807, 2.05) is 24.3 Å². The van der Waals surface area contributed by atoms with Crippen LogP contribution >= 0.6 is 0 Å². The first kappa shape index (κ1) is 20.5. The predicted molar refractivity (Wildman–Crippen MR) is 77.5 cm³/mol. The van der Waals surface area contributed by atoms with Crippen molar-refractivity contribution >= 4 is 5.95 Å². The molecule has 0 aliphatic carbocycles. The summed E-state index contributed by atoms with van der Waals surface area (Å²) in [7, 11) is 0. The van der Waals surface area contributed by atoms with Crippen molar-refractivity contribution in [3.05, 3.63) is 63.6 Å². The molecule has 7 heteroatoms. The Labute approximate surface area is 171 Å². The molecule has 1 aromatic carbocycles. The van der Waals surface area contributed by atoms with Crippen molar-refractivity contribution in [3.63, 3.8) is 0 Å². The van der Waals surface area contributed by atoms with Crippen molar-refractivity contribution in [2.24, 2.45) is 0 Å². The standard InChI is InChI=1S/C14H14N4O.CN.K/c1-9-12(13(19)18-14(16)17-9)8-11-4-2-10(3-5-11)6-7-15;1-2;/h2-5H,6,8H2,1H3,(H3,16,17,18,19);;/q;-1;+1. The van der Waals surface area contributed by atoms with Gasteiger partial charge in [0.15, 0.2) is 0 Å². The number of hydrogen-bond donors (Lipinski definition) is 2. The fourth-order valence-electron chi connectivity index (χ4n) is 1.91. The maximum absolute atomic E-state index is 11.8. The fourth-order valence-corrected chi connectivity index (χ4v) is 1.91. The first-order valence-corrected chi connectivity index (χ1v) is 6.12. The van der Waals surface area contributed by atoms with Crippen molar-refractivity contribution in [1.29, 1.82) is 10.5 Å². The monoisotopic (exact) mass is 319 g/mol. The van der Waals surface area contributed by atoms with Gasteiger partial charge in [0.25, 0.3) is 5.56 Å². The van der Waals surface area contributed by atoms with Crippen molar-refractivity contribution < 1.29 is 51.4 Å². The number of anilines is 1. The summed E-state index contributed by atoms with van der Waals surface area (Å²) in [6, 6.07) is 9.73. The van der Waals surface area contributed by atoms with E-state index >= 15 is 0 Å². The minimum atomic E-state index is -0.203. The van der Waals surface area contributed by atoms with Crippen LogP contribution in [0, 0.1) is 30.1 Å². The van der Waals surface area contributed by atoms with E-state index in [1.165, 1.54) is 0 Å². The van der Waals surface area contributed by atoms with Gasteiger partial charge in [0.2, 0.25) is 5.95 Å². The van der Waals surface area contributed by atoms with Gasteiger partial charge in [0.05, 0.1) is 18.2 Å². The average molecular weight is 319 g/mol. The van der Waals surface area contributed by atoms with E-state index in [0.29, 0.717) is 24.1 Å². The molecule has 0 amide bonds.